The quantitative estimate of drug-likeness (QED) is 0.788. The summed E-state index contributed by atoms with van der Waals surface area (Å²) in [7, 11) is -2.45. The summed E-state index contributed by atoms with van der Waals surface area (Å²) in [5.74, 6) is 0.723. The van der Waals surface area contributed by atoms with E-state index in [1.54, 1.807) is 32.0 Å². The Labute approximate surface area is 135 Å². The molecule has 0 N–H and O–H groups in total. The first kappa shape index (κ1) is 16.6. The SMILES string of the molecule is COc1cc(S(=O)(=O)Oc2ccc(Cl)c(C)c2)c(C)cc1C. The summed E-state index contributed by atoms with van der Waals surface area (Å²) in [6.07, 6.45) is 0. The normalized spacial score (nSPS) is 11.3. The average Bonchev–Trinajstić information content (AvgIpc) is 2.42. The van der Waals surface area contributed by atoms with Gasteiger partial charge in [-0.25, -0.2) is 0 Å². The zero-order valence-electron chi connectivity index (χ0n) is 12.8. The Kier molecular flexibility index (Phi) is 4.68. The van der Waals surface area contributed by atoms with E-state index < -0.39 is 10.1 Å². The highest BCUT2D eigenvalue weighted by Crippen LogP contribution is 2.29. The van der Waals surface area contributed by atoms with Gasteiger partial charge in [0.05, 0.1) is 7.11 Å². The zero-order valence-corrected chi connectivity index (χ0v) is 14.4. The van der Waals surface area contributed by atoms with Crippen LogP contribution in [0.5, 0.6) is 11.5 Å². The molecular formula is C16H17ClO4S. The minimum Gasteiger partial charge on any atom is -0.496 e. The second-order valence-electron chi connectivity index (χ2n) is 5.04. The third kappa shape index (κ3) is 3.36. The van der Waals surface area contributed by atoms with Gasteiger partial charge in [-0.2, -0.15) is 8.42 Å². The first-order valence-corrected chi connectivity index (χ1v) is 8.39. The molecule has 0 radical (unpaired) electrons. The summed E-state index contributed by atoms with van der Waals surface area (Å²) in [6, 6.07) is 7.93. The number of rotatable bonds is 4. The third-order valence-corrected chi connectivity index (χ3v) is 5.11. The summed E-state index contributed by atoms with van der Waals surface area (Å²) in [6.45, 7) is 5.35. The maximum Gasteiger partial charge on any atom is 0.339 e. The molecule has 6 heteroatoms. The monoisotopic (exact) mass is 340 g/mol. The molecule has 0 atom stereocenters. The van der Waals surface area contributed by atoms with E-state index in [9.17, 15) is 8.42 Å². The average molecular weight is 341 g/mol. The fourth-order valence-corrected chi connectivity index (χ4v) is 3.41. The van der Waals surface area contributed by atoms with Crippen molar-refractivity contribution in [2.75, 3.05) is 7.11 Å². The number of hydrogen-bond donors (Lipinski definition) is 0. The van der Waals surface area contributed by atoms with Crippen LogP contribution in [0.4, 0.5) is 0 Å². The number of ether oxygens (including phenoxy) is 1. The lowest BCUT2D eigenvalue weighted by Crippen LogP contribution is -2.12. The first-order valence-electron chi connectivity index (χ1n) is 6.60. The Morgan fingerprint density at radius 3 is 2.23 bits per heavy atom. The van der Waals surface area contributed by atoms with E-state index in [1.165, 1.54) is 19.2 Å². The van der Waals surface area contributed by atoms with Crippen LogP contribution in [0.3, 0.4) is 0 Å². The number of methoxy groups -OCH3 is 1. The van der Waals surface area contributed by atoms with Crippen molar-refractivity contribution in [1.29, 1.82) is 0 Å². The van der Waals surface area contributed by atoms with Gasteiger partial charge in [-0.3, -0.25) is 0 Å². The maximum absolute atomic E-state index is 12.5. The fraction of sp³-hybridized carbons (Fsp3) is 0.250. The van der Waals surface area contributed by atoms with Crippen molar-refractivity contribution in [3.63, 3.8) is 0 Å². The standard InChI is InChI=1S/C16H17ClO4S/c1-10-8-13(5-6-14(10)17)21-22(18,19)16-9-15(20-4)11(2)7-12(16)3/h5-9H,1-4H3. The minimum absolute atomic E-state index is 0.0857. The molecule has 0 spiro atoms. The lowest BCUT2D eigenvalue weighted by Gasteiger charge is -2.13. The number of halogens is 1. The fourth-order valence-electron chi connectivity index (χ4n) is 2.14. The summed E-state index contributed by atoms with van der Waals surface area (Å²) in [5.41, 5.74) is 2.21. The summed E-state index contributed by atoms with van der Waals surface area (Å²) in [4.78, 5) is 0.0857. The molecule has 0 aliphatic rings. The molecule has 0 bridgehead atoms. The molecule has 2 aromatic rings. The predicted molar refractivity (Wildman–Crippen MR) is 86.5 cm³/mol. The van der Waals surface area contributed by atoms with E-state index in [4.69, 9.17) is 20.5 Å². The highest BCUT2D eigenvalue weighted by atomic mass is 35.5. The Hall–Kier alpha value is -1.72. The molecule has 0 saturated carbocycles. The molecule has 0 heterocycles. The van der Waals surface area contributed by atoms with Gasteiger partial charge in [0.1, 0.15) is 16.4 Å². The van der Waals surface area contributed by atoms with Crippen LogP contribution in [-0.4, -0.2) is 15.5 Å². The minimum atomic E-state index is -3.95. The lowest BCUT2D eigenvalue weighted by molar-refractivity contribution is 0.409. The lowest BCUT2D eigenvalue weighted by atomic mass is 10.1. The Balaban J connectivity index is 2.44. The molecule has 0 aliphatic heterocycles. The van der Waals surface area contributed by atoms with E-state index in [2.05, 4.69) is 0 Å². The van der Waals surface area contributed by atoms with E-state index in [1.807, 2.05) is 6.92 Å². The molecule has 0 aliphatic carbocycles. The molecule has 0 unspecified atom stereocenters. The van der Waals surface area contributed by atoms with Crippen molar-refractivity contribution >= 4 is 21.7 Å². The first-order chi connectivity index (χ1) is 10.2. The van der Waals surface area contributed by atoms with Crippen molar-refractivity contribution in [1.82, 2.24) is 0 Å². The van der Waals surface area contributed by atoms with E-state index in [0.29, 0.717) is 16.3 Å². The Morgan fingerprint density at radius 2 is 1.64 bits per heavy atom. The van der Waals surface area contributed by atoms with Crippen LogP contribution in [0.2, 0.25) is 5.02 Å². The van der Waals surface area contributed by atoms with Crippen molar-refractivity contribution in [3.05, 3.63) is 52.0 Å². The van der Waals surface area contributed by atoms with E-state index in [0.717, 1.165) is 11.1 Å². The van der Waals surface area contributed by atoms with Gasteiger partial charge in [-0.1, -0.05) is 17.7 Å². The van der Waals surface area contributed by atoms with Gasteiger partial charge in [0, 0.05) is 11.1 Å². The van der Waals surface area contributed by atoms with Crippen LogP contribution >= 0.6 is 11.6 Å². The van der Waals surface area contributed by atoms with Crippen LogP contribution in [0, 0.1) is 20.8 Å². The Bertz CT molecular complexity index is 813. The van der Waals surface area contributed by atoms with E-state index in [-0.39, 0.29) is 10.6 Å². The van der Waals surface area contributed by atoms with Crippen LogP contribution in [-0.2, 0) is 10.1 Å². The Morgan fingerprint density at radius 1 is 0.955 bits per heavy atom. The molecule has 4 nitrogen and oxygen atoms in total. The number of aryl methyl sites for hydroxylation is 3. The molecule has 2 rings (SSSR count). The van der Waals surface area contributed by atoms with Crippen LogP contribution < -0.4 is 8.92 Å². The molecular weight excluding hydrogens is 324 g/mol. The van der Waals surface area contributed by atoms with Crippen LogP contribution in [0.25, 0.3) is 0 Å². The zero-order chi connectivity index (χ0) is 16.5. The maximum atomic E-state index is 12.5. The highest BCUT2D eigenvalue weighted by molar-refractivity contribution is 7.87. The van der Waals surface area contributed by atoms with Gasteiger partial charge in [0.15, 0.2) is 0 Å². The largest absolute Gasteiger partial charge is 0.496 e. The third-order valence-electron chi connectivity index (χ3n) is 3.30. The molecule has 0 aromatic heterocycles. The van der Waals surface area contributed by atoms with Gasteiger partial charge in [-0.15, -0.1) is 0 Å². The van der Waals surface area contributed by atoms with Crippen molar-refractivity contribution in [2.24, 2.45) is 0 Å². The second-order valence-corrected chi connectivity index (χ2v) is 6.96. The summed E-state index contributed by atoms with van der Waals surface area (Å²) >= 11 is 5.93. The van der Waals surface area contributed by atoms with Crippen molar-refractivity contribution in [3.8, 4) is 11.5 Å². The predicted octanol–water partition coefficient (Wildman–Crippen LogP) is 4.04. The summed E-state index contributed by atoms with van der Waals surface area (Å²) < 4.78 is 35.4. The van der Waals surface area contributed by atoms with Crippen LogP contribution in [0.15, 0.2) is 35.2 Å². The van der Waals surface area contributed by atoms with Gasteiger partial charge in [0.25, 0.3) is 0 Å². The van der Waals surface area contributed by atoms with E-state index >= 15 is 0 Å². The van der Waals surface area contributed by atoms with Crippen molar-refractivity contribution in [2.45, 2.75) is 25.7 Å². The summed E-state index contributed by atoms with van der Waals surface area (Å²) in [5, 5.41) is 0.554. The molecule has 22 heavy (non-hydrogen) atoms. The van der Waals surface area contributed by atoms with Gasteiger partial charge >= 0.3 is 10.1 Å². The van der Waals surface area contributed by atoms with Crippen LogP contribution in [0.1, 0.15) is 16.7 Å². The molecule has 2 aromatic carbocycles. The van der Waals surface area contributed by atoms with Gasteiger partial charge in [0.2, 0.25) is 0 Å². The smallest absolute Gasteiger partial charge is 0.339 e. The van der Waals surface area contributed by atoms with Gasteiger partial charge in [-0.05, 0) is 55.7 Å². The molecule has 0 amide bonds. The molecule has 0 fully saturated rings. The van der Waals surface area contributed by atoms with Crippen molar-refractivity contribution < 1.29 is 17.3 Å². The van der Waals surface area contributed by atoms with Gasteiger partial charge < -0.3 is 8.92 Å². The highest BCUT2D eigenvalue weighted by Gasteiger charge is 2.21. The number of hydrogen-bond acceptors (Lipinski definition) is 4. The molecule has 0 saturated heterocycles. The topological polar surface area (TPSA) is 52.6 Å². The second kappa shape index (κ2) is 6.18. The molecule has 118 valence electrons. The number of benzene rings is 2.